The summed E-state index contributed by atoms with van der Waals surface area (Å²) in [5.41, 5.74) is 1.29. The van der Waals surface area contributed by atoms with Gasteiger partial charge in [-0.1, -0.05) is 30.3 Å². The molecule has 0 bridgehead atoms. The number of hydrogen-bond acceptors (Lipinski definition) is 7. The highest BCUT2D eigenvalue weighted by molar-refractivity contribution is 5.60. The Bertz CT molecular complexity index is 714. The molecule has 0 saturated carbocycles. The number of carbonyl (C=O) groups excluding carboxylic acids is 1. The van der Waals surface area contributed by atoms with Crippen LogP contribution in [0.2, 0.25) is 0 Å². The molecule has 0 saturated heterocycles. The van der Waals surface area contributed by atoms with E-state index in [1.54, 1.807) is 6.20 Å². The fourth-order valence-electron chi connectivity index (χ4n) is 2.81. The summed E-state index contributed by atoms with van der Waals surface area (Å²) in [5.74, 6) is 0.767. The minimum atomic E-state index is -0.410. The van der Waals surface area contributed by atoms with E-state index in [-0.39, 0.29) is 5.92 Å². The first-order chi connectivity index (χ1) is 11.9. The fraction of sp³-hybridized carbons (Fsp3) is 0.353. The summed E-state index contributed by atoms with van der Waals surface area (Å²) >= 11 is 0. The van der Waals surface area contributed by atoms with Crippen LogP contribution in [0.15, 0.2) is 51.8 Å². The minimum Gasteiger partial charge on any atom is -0.342 e. The number of hydrogen-bond donors (Lipinski definition) is 0. The Morgan fingerprint density at radius 1 is 1.00 bits per heavy atom. The molecule has 2 unspecified atom stereocenters. The van der Waals surface area contributed by atoms with Gasteiger partial charge in [0.1, 0.15) is 6.29 Å². The molecule has 24 heavy (non-hydrogen) atoms. The first kappa shape index (κ1) is 16.0. The lowest BCUT2D eigenvalue weighted by Gasteiger charge is -2.16. The normalized spacial score (nSPS) is 13.5. The molecule has 0 radical (unpaired) electrons. The van der Waals surface area contributed by atoms with Gasteiger partial charge < -0.3 is 13.8 Å². The van der Waals surface area contributed by atoms with Crippen LogP contribution in [-0.2, 0) is 11.2 Å². The molecule has 2 heterocycles. The second-order valence-corrected chi connectivity index (χ2v) is 5.69. The Morgan fingerprint density at radius 3 is 2.33 bits per heavy atom. The predicted octanol–water partition coefficient (Wildman–Crippen LogP) is 2.93. The second kappa shape index (κ2) is 8.14. The molecule has 0 spiro atoms. The van der Waals surface area contributed by atoms with E-state index in [0.29, 0.717) is 17.9 Å². The molecule has 0 aliphatic heterocycles. The fourth-order valence-corrected chi connectivity index (χ4v) is 2.81. The van der Waals surface area contributed by atoms with E-state index in [2.05, 4.69) is 32.9 Å². The van der Waals surface area contributed by atoms with Crippen LogP contribution in [0.4, 0.5) is 0 Å². The highest BCUT2D eigenvalue weighted by atomic mass is 16.5. The van der Waals surface area contributed by atoms with Gasteiger partial charge in [-0.05, 0) is 31.2 Å². The largest absolute Gasteiger partial charge is 0.342 e. The predicted molar refractivity (Wildman–Crippen MR) is 84.1 cm³/mol. The summed E-state index contributed by atoms with van der Waals surface area (Å²) < 4.78 is 10.2. The van der Waals surface area contributed by atoms with Crippen LogP contribution in [-0.4, -0.2) is 27.0 Å². The highest BCUT2D eigenvalue weighted by Crippen LogP contribution is 2.32. The molecular weight excluding hydrogens is 308 g/mol. The smallest absolute Gasteiger partial charge is 0.167 e. The Hall–Kier alpha value is -2.83. The van der Waals surface area contributed by atoms with E-state index < -0.39 is 5.92 Å². The third-order valence-corrected chi connectivity index (χ3v) is 4.09. The third-order valence-electron chi connectivity index (χ3n) is 4.09. The van der Waals surface area contributed by atoms with Crippen molar-refractivity contribution in [1.29, 1.82) is 0 Å². The first-order valence-electron chi connectivity index (χ1n) is 7.90. The van der Waals surface area contributed by atoms with Crippen molar-refractivity contribution in [2.75, 3.05) is 0 Å². The molecule has 1 aromatic carbocycles. The average molecular weight is 326 g/mol. The van der Waals surface area contributed by atoms with Gasteiger partial charge in [-0.25, -0.2) is 0 Å². The van der Waals surface area contributed by atoms with Crippen molar-refractivity contribution in [2.24, 2.45) is 0 Å². The van der Waals surface area contributed by atoms with Crippen LogP contribution in [0.1, 0.15) is 48.2 Å². The molecule has 2 atom stereocenters. The van der Waals surface area contributed by atoms with Gasteiger partial charge in [0.2, 0.25) is 0 Å². The van der Waals surface area contributed by atoms with Crippen molar-refractivity contribution in [2.45, 2.75) is 37.5 Å². The Labute approximate surface area is 139 Å². The van der Waals surface area contributed by atoms with E-state index in [0.717, 1.165) is 25.5 Å². The summed E-state index contributed by atoms with van der Waals surface area (Å²) in [7, 11) is 0. The van der Waals surface area contributed by atoms with E-state index in [1.807, 2.05) is 18.2 Å². The van der Waals surface area contributed by atoms with E-state index in [1.165, 1.54) is 11.8 Å². The maximum absolute atomic E-state index is 11.4. The van der Waals surface area contributed by atoms with Gasteiger partial charge in [0.25, 0.3) is 0 Å². The lowest BCUT2D eigenvalue weighted by molar-refractivity contribution is -0.109. The second-order valence-electron chi connectivity index (χ2n) is 5.69. The van der Waals surface area contributed by atoms with E-state index >= 15 is 0 Å². The van der Waals surface area contributed by atoms with Gasteiger partial charge in [0.15, 0.2) is 11.5 Å². The Balaban J connectivity index is 1.64. The van der Waals surface area contributed by atoms with Crippen molar-refractivity contribution >= 4 is 6.29 Å². The number of aromatic nitrogens is 4. The highest BCUT2D eigenvalue weighted by Gasteiger charge is 2.24. The first-order valence-corrected chi connectivity index (χ1v) is 7.90. The van der Waals surface area contributed by atoms with Crippen LogP contribution in [0.25, 0.3) is 0 Å². The van der Waals surface area contributed by atoms with Crippen molar-refractivity contribution in [3.8, 4) is 0 Å². The molecule has 2 aromatic heterocycles. The van der Waals surface area contributed by atoms with Crippen molar-refractivity contribution in [3.63, 3.8) is 0 Å². The quantitative estimate of drug-likeness (QED) is 0.558. The SMILES string of the molecule is O=CC(CC(CCCc1ccccc1)c1cnno1)c1cnno1. The van der Waals surface area contributed by atoms with E-state index in [9.17, 15) is 4.79 Å². The Morgan fingerprint density at radius 2 is 1.71 bits per heavy atom. The molecule has 0 N–H and O–H groups in total. The monoisotopic (exact) mass is 326 g/mol. The van der Waals surface area contributed by atoms with Crippen molar-refractivity contribution in [3.05, 3.63) is 59.8 Å². The summed E-state index contributed by atoms with van der Waals surface area (Å²) in [6, 6.07) is 10.3. The maximum atomic E-state index is 11.4. The number of nitrogens with zero attached hydrogens (tertiary/aromatic N) is 4. The molecular formula is C17H18N4O3. The lowest BCUT2D eigenvalue weighted by atomic mass is 9.88. The summed E-state index contributed by atoms with van der Waals surface area (Å²) in [4.78, 5) is 11.4. The molecule has 0 aliphatic rings. The minimum absolute atomic E-state index is 0.0315. The van der Waals surface area contributed by atoms with Crippen molar-refractivity contribution in [1.82, 2.24) is 20.7 Å². The van der Waals surface area contributed by atoms with Crippen LogP contribution in [0, 0.1) is 0 Å². The topological polar surface area (TPSA) is 94.9 Å². The van der Waals surface area contributed by atoms with Crippen LogP contribution < -0.4 is 0 Å². The molecule has 0 fully saturated rings. The molecule has 7 heteroatoms. The van der Waals surface area contributed by atoms with Crippen molar-refractivity contribution < 1.29 is 13.8 Å². The molecule has 0 amide bonds. The number of aryl methyl sites for hydroxylation is 1. The third kappa shape index (κ3) is 4.13. The summed E-state index contributed by atoms with van der Waals surface area (Å²) in [5, 5.41) is 14.4. The molecule has 3 rings (SSSR count). The number of rotatable bonds is 9. The van der Waals surface area contributed by atoms with Crippen LogP contribution in [0.3, 0.4) is 0 Å². The van der Waals surface area contributed by atoms with Gasteiger partial charge in [0.05, 0.1) is 18.3 Å². The maximum Gasteiger partial charge on any atom is 0.167 e. The zero-order chi connectivity index (χ0) is 16.6. The number of aldehydes is 1. The average Bonchev–Trinajstić information content (AvgIpc) is 3.32. The Kier molecular flexibility index (Phi) is 5.44. The number of carbonyl (C=O) groups is 1. The van der Waals surface area contributed by atoms with Gasteiger partial charge in [-0.3, -0.25) is 0 Å². The molecule has 0 aliphatic carbocycles. The van der Waals surface area contributed by atoms with Crippen LogP contribution >= 0.6 is 0 Å². The standard InChI is InChI=1S/C17H18N4O3/c22-12-15(17-11-19-21-24-17)9-14(16-10-18-20-23-16)8-4-7-13-5-2-1-3-6-13/h1-3,5-6,10-12,14-15H,4,7-9H2. The molecule has 3 aromatic rings. The van der Waals surface area contributed by atoms with Gasteiger partial charge in [-0.15, -0.1) is 10.2 Å². The number of benzene rings is 1. The van der Waals surface area contributed by atoms with Gasteiger partial charge in [0, 0.05) is 16.5 Å². The van der Waals surface area contributed by atoms with E-state index in [4.69, 9.17) is 9.05 Å². The lowest BCUT2D eigenvalue weighted by Crippen LogP contribution is -2.08. The van der Waals surface area contributed by atoms with Gasteiger partial charge >= 0.3 is 0 Å². The zero-order valence-electron chi connectivity index (χ0n) is 13.1. The van der Waals surface area contributed by atoms with Crippen LogP contribution in [0.5, 0.6) is 0 Å². The van der Waals surface area contributed by atoms with Gasteiger partial charge in [-0.2, -0.15) is 0 Å². The molecule has 7 nitrogen and oxygen atoms in total. The molecule has 124 valence electrons. The summed E-state index contributed by atoms with van der Waals surface area (Å²) in [6.07, 6.45) is 7.27. The summed E-state index contributed by atoms with van der Waals surface area (Å²) in [6.45, 7) is 0. The zero-order valence-corrected chi connectivity index (χ0v) is 13.1.